The first kappa shape index (κ1) is 83.7. The van der Waals surface area contributed by atoms with E-state index < -0.39 is 64.4 Å². The largest absolute Gasteiger partial charge is 0.431 e. The standard InChI is InChI=1S/2C21H28F2O.C15H18ClF3O.2C15H18F2O.7H2/c2*1-13-3-6-15(7-4-13)16-8-10-17(11-9-16)21(24)18-12-5-14(2)19(22)20(18)23;1-9-3-6-11(7-4-9)15(18,19)20-12-8-5-10(2)14(17)13(12)16;2*1-9-3-6-11(7-4-9)15(18)12-8-5-10(2)13(16)14(12)17;;;;;;;/h2*5,12-13,15-17H,3-4,6-11H2,1-2H3;5,8-9,11H,3-4,6-7H2,1-2H3;2*5,8-9,11H,3-4,6-7H2,1-2H3;7*1H. The maximum atomic E-state index is 14.1. The lowest BCUT2D eigenvalue weighted by Gasteiger charge is -2.37. The van der Waals surface area contributed by atoms with Crippen molar-refractivity contribution < 1.29 is 82.2 Å². The lowest BCUT2D eigenvalue weighted by Crippen LogP contribution is -2.37. The molecule has 0 saturated heterocycles. The van der Waals surface area contributed by atoms with Crippen molar-refractivity contribution in [1.29, 1.82) is 0 Å². The molecule has 17 heteroatoms. The van der Waals surface area contributed by atoms with Gasteiger partial charge in [-0.15, -0.1) is 0 Å². The van der Waals surface area contributed by atoms with E-state index in [9.17, 15) is 67.5 Å². The molecule has 0 bridgehead atoms. The molecule has 104 heavy (non-hydrogen) atoms. The summed E-state index contributed by atoms with van der Waals surface area (Å²) in [5.41, 5.74) is 0.981. The number of benzene rings is 5. The molecule has 0 amide bonds. The van der Waals surface area contributed by atoms with Gasteiger partial charge in [0, 0.05) is 33.7 Å². The minimum Gasteiger partial charge on any atom is -0.431 e. The molecule has 0 heterocycles. The average molecular weight is 1490 g/mol. The van der Waals surface area contributed by atoms with Crippen molar-refractivity contribution >= 4 is 34.7 Å². The summed E-state index contributed by atoms with van der Waals surface area (Å²) in [7, 11) is 0. The number of ether oxygens (including phenoxy) is 1. The average Bonchev–Trinajstić information content (AvgIpc) is 0.814. The molecule has 7 saturated carbocycles. The van der Waals surface area contributed by atoms with Crippen molar-refractivity contribution in [2.24, 2.45) is 82.9 Å². The highest BCUT2D eigenvalue weighted by atomic mass is 35.5. The van der Waals surface area contributed by atoms with Gasteiger partial charge in [-0.25, -0.2) is 39.5 Å². The highest BCUT2D eigenvalue weighted by Gasteiger charge is 2.45. The fourth-order valence-electron chi connectivity index (χ4n) is 17.0. The Labute approximate surface area is 626 Å². The molecule has 7 aliphatic rings. The summed E-state index contributed by atoms with van der Waals surface area (Å²) in [5, 5.41) is -0.381. The lowest BCUT2D eigenvalue weighted by molar-refractivity contribution is -0.223. The van der Waals surface area contributed by atoms with Crippen molar-refractivity contribution in [2.45, 2.75) is 255 Å². The van der Waals surface area contributed by atoms with Crippen LogP contribution in [-0.2, 0) is 0 Å². The molecule has 0 N–H and O–H groups in total. The van der Waals surface area contributed by atoms with Crippen molar-refractivity contribution in [1.82, 2.24) is 0 Å². The molecular weight excluding hydrogens is 1370 g/mol. The first-order valence-electron chi connectivity index (χ1n) is 38.7. The van der Waals surface area contributed by atoms with Crippen LogP contribution in [-0.4, -0.2) is 29.2 Å². The molecule has 0 atom stereocenters. The van der Waals surface area contributed by atoms with E-state index >= 15 is 0 Å². The van der Waals surface area contributed by atoms with Gasteiger partial charge in [-0.1, -0.05) is 141 Å². The number of alkyl halides is 2. The van der Waals surface area contributed by atoms with E-state index in [1.807, 2.05) is 0 Å². The van der Waals surface area contributed by atoms with Gasteiger partial charge >= 0.3 is 6.11 Å². The number of Topliss-reactive ketones (excluding diaryl/α,β-unsaturated/α-hetero) is 4. The number of hydrogen-bond acceptors (Lipinski definition) is 5. The van der Waals surface area contributed by atoms with Crippen molar-refractivity contribution in [3.05, 3.63) is 168 Å². The van der Waals surface area contributed by atoms with Crippen LogP contribution in [0.2, 0.25) is 5.02 Å². The van der Waals surface area contributed by atoms with Crippen LogP contribution in [0.3, 0.4) is 0 Å². The summed E-state index contributed by atoms with van der Waals surface area (Å²) in [6.45, 7) is 18.6. The van der Waals surface area contributed by atoms with Crippen molar-refractivity contribution in [3.8, 4) is 5.75 Å². The third-order valence-electron chi connectivity index (χ3n) is 24.7. The zero-order chi connectivity index (χ0) is 76.0. The Bertz CT molecular complexity index is 3550. The van der Waals surface area contributed by atoms with Crippen molar-refractivity contribution in [2.75, 3.05) is 0 Å². The fourth-order valence-corrected chi connectivity index (χ4v) is 17.3. The second-order valence-electron chi connectivity index (χ2n) is 32.5. The van der Waals surface area contributed by atoms with Crippen LogP contribution in [0.25, 0.3) is 0 Å². The van der Waals surface area contributed by atoms with E-state index in [-0.39, 0.29) is 112 Å². The normalized spacial score (nSPS) is 27.2. The maximum Gasteiger partial charge on any atom is 0.400 e. The minimum absolute atomic E-state index is 0. The Balaban J connectivity index is 0.000000687. The number of ketones is 4. The minimum atomic E-state index is -3.31. The van der Waals surface area contributed by atoms with Crippen LogP contribution in [0, 0.1) is 170 Å². The number of carbonyl (C=O) groups is 4. The van der Waals surface area contributed by atoms with Crippen LogP contribution in [0.1, 0.15) is 294 Å². The number of hydrogen-bond donors (Lipinski definition) is 0. The summed E-state index contributed by atoms with van der Waals surface area (Å²) in [6.07, 6.45) is 24.3. The molecule has 12 rings (SSSR count). The molecule has 586 valence electrons. The molecule has 0 aliphatic heterocycles. The molecule has 0 spiro atoms. The van der Waals surface area contributed by atoms with E-state index in [4.69, 9.17) is 16.3 Å². The molecular formula is C87H124ClF11O5. The molecule has 5 nitrogen and oxygen atoms in total. The van der Waals surface area contributed by atoms with Gasteiger partial charge in [0.1, 0.15) is 16.6 Å². The molecule has 0 aromatic heterocycles. The predicted molar refractivity (Wildman–Crippen MR) is 405 cm³/mol. The van der Waals surface area contributed by atoms with E-state index in [0.29, 0.717) is 36.2 Å². The number of halogens is 12. The summed E-state index contributed by atoms with van der Waals surface area (Å²) in [5.74, 6) is -4.23. The van der Waals surface area contributed by atoms with E-state index in [2.05, 4.69) is 34.6 Å². The van der Waals surface area contributed by atoms with E-state index in [1.54, 1.807) is 0 Å². The first-order chi connectivity index (χ1) is 49.3. The number of carbonyl (C=O) groups excluding carboxylic acids is 4. The molecule has 0 radical (unpaired) electrons. The second kappa shape index (κ2) is 38.3. The number of aryl methyl sites for hydroxylation is 5. The SMILES string of the molecule is Cc1ccc(C(=O)C2CCC(C)CC2)c(F)c1F.Cc1ccc(C(=O)C2CCC(C)CC2)c(F)c1F.Cc1ccc(C(=O)C2CCC(C3CCC(C)CC3)CC2)c(F)c1F.Cc1ccc(C(=O)C2CCC(C3CCC(C)CC3)CC2)c(F)c1F.Cc1ccc(OC(F)(F)C2CCC(C)CC2)c(Cl)c1F.[HH].[HH].[HH].[HH].[HH].[HH].[HH]. The molecule has 7 fully saturated rings. The molecule has 5 aromatic carbocycles. The summed E-state index contributed by atoms with van der Waals surface area (Å²) >= 11 is 5.73. The Kier molecular flexibility index (Phi) is 30.8. The smallest absolute Gasteiger partial charge is 0.400 e. The van der Waals surface area contributed by atoms with Gasteiger partial charge in [0.2, 0.25) is 0 Å². The van der Waals surface area contributed by atoms with Gasteiger partial charge in [0.25, 0.3) is 0 Å². The van der Waals surface area contributed by atoms with Gasteiger partial charge < -0.3 is 4.74 Å². The van der Waals surface area contributed by atoms with E-state index in [1.165, 1.54) is 147 Å². The highest BCUT2D eigenvalue weighted by molar-refractivity contribution is 6.32. The van der Waals surface area contributed by atoms with Crippen LogP contribution < -0.4 is 4.74 Å². The fraction of sp³-hybridized carbons (Fsp3) is 0.609. The highest BCUT2D eigenvalue weighted by Crippen LogP contribution is 2.46. The van der Waals surface area contributed by atoms with Crippen molar-refractivity contribution in [3.63, 3.8) is 0 Å². The topological polar surface area (TPSA) is 77.5 Å². The second-order valence-corrected chi connectivity index (χ2v) is 32.9. The summed E-state index contributed by atoms with van der Waals surface area (Å²) in [6, 6.07) is 14.3. The Morgan fingerprint density at radius 3 is 0.769 bits per heavy atom. The summed E-state index contributed by atoms with van der Waals surface area (Å²) in [4.78, 5) is 49.6. The van der Waals surface area contributed by atoms with Gasteiger partial charge in [-0.3, -0.25) is 19.2 Å². The van der Waals surface area contributed by atoms with Gasteiger partial charge in [-0.2, -0.15) is 8.78 Å². The summed E-state index contributed by atoms with van der Waals surface area (Å²) < 4.78 is 157. The maximum absolute atomic E-state index is 14.1. The zero-order valence-electron chi connectivity index (χ0n) is 62.7. The number of rotatable bonds is 13. The Hall–Kier alpha value is -5.90. The van der Waals surface area contributed by atoms with Gasteiger partial charge in [0.15, 0.2) is 69.7 Å². The monoisotopic (exact) mass is 1490 g/mol. The van der Waals surface area contributed by atoms with Crippen LogP contribution in [0.5, 0.6) is 5.75 Å². The Morgan fingerprint density at radius 2 is 0.510 bits per heavy atom. The molecule has 5 aromatic rings. The zero-order valence-corrected chi connectivity index (χ0v) is 63.5. The van der Waals surface area contributed by atoms with Crippen LogP contribution >= 0.6 is 11.6 Å². The van der Waals surface area contributed by atoms with Gasteiger partial charge in [-0.05, 0) is 262 Å². The third-order valence-corrected chi connectivity index (χ3v) is 25.0. The quantitative estimate of drug-likeness (QED) is 0.0867. The van der Waals surface area contributed by atoms with Crippen LogP contribution in [0.4, 0.5) is 48.3 Å². The van der Waals surface area contributed by atoms with Gasteiger partial charge in [0.05, 0.1) is 28.2 Å². The molecule has 0 unspecified atom stereocenters. The predicted octanol–water partition coefficient (Wildman–Crippen LogP) is 28.0. The molecule has 7 aliphatic carbocycles. The Morgan fingerprint density at radius 1 is 0.308 bits per heavy atom. The lowest BCUT2D eigenvalue weighted by atomic mass is 9.68. The first-order valence-corrected chi connectivity index (χ1v) is 39.1. The van der Waals surface area contributed by atoms with Crippen LogP contribution in [0.15, 0.2) is 60.7 Å². The third kappa shape index (κ3) is 21.7. The van der Waals surface area contributed by atoms with E-state index in [0.717, 1.165) is 151 Å².